The van der Waals surface area contributed by atoms with Gasteiger partial charge in [-0.2, -0.15) is 0 Å². The fourth-order valence-electron chi connectivity index (χ4n) is 14.0. The molecule has 0 heterocycles. The average molecular weight is 916 g/mol. The summed E-state index contributed by atoms with van der Waals surface area (Å²) in [7, 11) is 0. The summed E-state index contributed by atoms with van der Waals surface area (Å²) in [5.41, 5.74) is 28.5. The first-order valence-electron chi connectivity index (χ1n) is 25.4. The molecule has 0 unspecified atom stereocenters. The summed E-state index contributed by atoms with van der Waals surface area (Å²) in [6.07, 6.45) is 0. The summed E-state index contributed by atoms with van der Waals surface area (Å²) in [6.45, 7) is 4.76. The smallest absolute Gasteiger partial charge is 0.0726 e. The zero-order chi connectivity index (χ0) is 47.8. The molecular formula is C71H49N. The van der Waals surface area contributed by atoms with E-state index >= 15 is 0 Å². The maximum absolute atomic E-state index is 2.52. The van der Waals surface area contributed by atoms with Gasteiger partial charge in [-0.05, 0) is 148 Å². The van der Waals surface area contributed by atoms with Crippen LogP contribution >= 0.6 is 0 Å². The second-order valence-electron chi connectivity index (χ2n) is 20.7. The van der Waals surface area contributed by atoms with Crippen molar-refractivity contribution in [2.45, 2.75) is 30.1 Å². The minimum Gasteiger partial charge on any atom is -0.310 e. The highest BCUT2D eigenvalue weighted by atomic mass is 15.1. The third kappa shape index (κ3) is 5.32. The zero-order valence-electron chi connectivity index (χ0n) is 40.3. The van der Waals surface area contributed by atoms with Crippen LogP contribution in [0.1, 0.15) is 69.5 Å². The van der Waals surface area contributed by atoms with Gasteiger partial charge in [0.15, 0.2) is 0 Å². The molecule has 11 aromatic rings. The Labute approximate surface area is 422 Å². The van der Waals surface area contributed by atoms with E-state index < -0.39 is 10.8 Å². The third-order valence-corrected chi connectivity index (χ3v) is 17.0. The summed E-state index contributed by atoms with van der Waals surface area (Å²) in [4.78, 5) is 2.51. The highest BCUT2D eigenvalue weighted by Crippen LogP contribution is 2.64. The number of fused-ring (bicyclic) bond motifs is 16. The summed E-state index contributed by atoms with van der Waals surface area (Å²) < 4.78 is 0. The Bertz CT molecular complexity index is 3910. The van der Waals surface area contributed by atoms with E-state index in [4.69, 9.17) is 0 Å². The molecule has 1 heteroatoms. The molecule has 0 amide bonds. The molecule has 0 aromatic heterocycles. The summed E-state index contributed by atoms with van der Waals surface area (Å²) in [5.74, 6) is 0. The van der Waals surface area contributed by atoms with Gasteiger partial charge in [0.1, 0.15) is 0 Å². The summed E-state index contributed by atoms with van der Waals surface area (Å²) >= 11 is 0. The molecule has 338 valence electrons. The van der Waals surface area contributed by atoms with Crippen molar-refractivity contribution in [3.8, 4) is 55.6 Å². The van der Waals surface area contributed by atoms with Gasteiger partial charge in [-0.15, -0.1) is 0 Å². The molecule has 0 radical (unpaired) electrons. The Morgan fingerprint density at radius 2 is 0.625 bits per heavy atom. The van der Waals surface area contributed by atoms with Gasteiger partial charge >= 0.3 is 0 Å². The first-order valence-corrected chi connectivity index (χ1v) is 25.4. The molecule has 4 aliphatic carbocycles. The highest BCUT2D eigenvalue weighted by Gasteiger charge is 2.52. The Kier molecular flexibility index (Phi) is 8.62. The number of rotatable bonds is 6. The Morgan fingerprint density at radius 1 is 0.250 bits per heavy atom. The summed E-state index contributed by atoms with van der Waals surface area (Å²) in [5, 5.41) is 0. The van der Waals surface area contributed by atoms with Crippen LogP contribution in [0.4, 0.5) is 17.1 Å². The zero-order valence-corrected chi connectivity index (χ0v) is 40.3. The first-order chi connectivity index (χ1) is 35.5. The fourth-order valence-corrected chi connectivity index (χ4v) is 14.0. The lowest BCUT2D eigenvalue weighted by atomic mass is 9.67. The van der Waals surface area contributed by atoms with E-state index in [9.17, 15) is 0 Å². The molecule has 0 bridgehead atoms. The second kappa shape index (κ2) is 15.1. The van der Waals surface area contributed by atoms with Gasteiger partial charge in [-0.3, -0.25) is 0 Å². The molecule has 0 N–H and O–H groups in total. The largest absolute Gasteiger partial charge is 0.310 e. The van der Waals surface area contributed by atoms with Crippen LogP contribution in [0.3, 0.4) is 0 Å². The van der Waals surface area contributed by atoms with Crippen molar-refractivity contribution in [3.63, 3.8) is 0 Å². The van der Waals surface area contributed by atoms with Crippen LogP contribution in [0.15, 0.2) is 261 Å². The Balaban J connectivity index is 0.933. The average Bonchev–Trinajstić information content (AvgIpc) is 4.10. The number of nitrogens with zero attached hydrogens (tertiary/aromatic N) is 1. The third-order valence-electron chi connectivity index (χ3n) is 17.0. The van der Waals surface area contributed by atoms with Crippen molar-refractivity contribution in [2.75, 3.05) is 4.90 Å². The predicted octanol–water partition coefficient (Wildman–Crippen LogP) is 17.8. The van der Waals surface area contributed by atoms with E-state index in [1.165, 1.54) is 111 Å². The molecule has 1 nitrogen and oxygen atoms in total. The monoisotopic (exact) mass is 915 g/mol. The van der Waals surface area contributed by atoms with Crippen LogP contribution < -0.4 is 4.90 Å². The normalized spacial score (nSPS) is 14.9. The van der Waals surface area contributed by atoms with E-state index in [1.807, 2.05) is 0 Å². The molecule has 0 fully saturated rings. The predicted molar refractivity (Wildman–Crippen MR) is 298 cm³/mol. The lowest BCUT2D eigenvalue weighted by Gasteiger charge is -2.34. The van der Waals surface area contributed by atoms with Gasteiger partial charge in [0.2, 0.25) is 0 Å². The minimum absolute atomic E-state index is 0.156. The van der Waals surface area contributed by atoms with Crippen LogP contribution in [0.5, 0.6) is 0 Å². The van der Waals surface area contributed by atoms with Crippen LogP contribution in [-0.4, -0.2) is 0 Å². The number of hydrogen-bond acceptors (Lipinski definition) is 1. The van der Waals surface area contributed by atoms with Crippen molar-refractivity contribution >= 4 is 17.1 Å². The van der Waals surface area contributed by atoms with E-state index in [1.54, 1.807) is 0 Å². The van der Waals surface area contributed by atoms with Crippen LogP contribution in [0.25, 0.3) is 55.6 Å². The van der Waals surface area contributed by atoms with E-state index in [0.717, 1.165) is 17.1 Å². The fraction of sp³-hybridized carbons (Fsp3) is 0.0704. The molecule has 72 heavy (non-hydrogen) atoms. The van der Waals surface area contributed by atoms with Crippen molar-refractivity contribution in [1.29, 1.82) is 0 Å². The maximum Gasteiger partial charge on any atom is 0.0726 e. The quantitative estimate of drug-likeness (QED) is 0.161. The van der Waals surface area contributed by atoms with E-state index in [2.05, 4.69) is 280 Å². The van der Waals surface area contributed by atoms with Gasteiger partial charge < -0.3 is 4.90 Å². The highest BCUT2D eigenvalue weighted by molar-refractivity contribution is 5.98. The van der Waals surface area contributed by atoms with Gasteiger partial charge in [0.25, 0.3) is 0 Å². The minimum atomic E-state index is -0.465. The number of hydrogen-bond donors (Lipinski definition) is 0. The molecule has 0 saturated carbocycles. The second-order valence-corrected chi connectivity index (χ2v) is 20.7. The van der Waals surface area contributed by atoms with Gasteiger partial charge in [-0.25, -0.2) is 0 Å². The SMILES string of the molecule is CC1(C)c2ccccc2-c2ccc(N(c3ccc(-c4cccc5c4-c4ccccc4C5(c4ccccc4)c4ccccc4)cc3)c3ccc4c(c3)C3(c5ccccc5-c5ccccc53)c3ccccc3-4)cc21. The molecule has 11 aromatic carbocycles. The lowest BCUT2D eigenvalue weighted by molar-refractivity contribution is 0.660. The summed E-state index contributed by atoms with van der Waals surface area (Å²) in [6, 6.07) is 98.3. The Morgan fingerprint density at radius 3 is 1.17 bits per heavy atom. The van der Waals surface area contributed by atoms with Gasteiger partial charge in [-0.1, -0.05) is 238 Å². The van der Waals surface area contributed by atoms with Crippen molar-refractivity contribution < 1.29 is 0 Å². The molecule has 0 aliphatic heterocycles. The first kappa shape index (κ1) is 41.0. The standard InChI is InChI=1S/C71H49N/c1-69(2)60-30-14-9-24-53(60)57-42-40-50(44-66(57)69)72(51-41-43-58-56-27-12-17-33-63(56)71(67(58)45-51)61-31-15-10-25-54(61)55-26-11-16-32-62(55)71)49-38-36-46(37-39-49)52-29-19-35-65-68(52)59-28-13-18-34-64(59)70(65,47-20-5-3-6-21-47)48-22-7-4-8-23-48/h3-45H,1-2H3. The molecule has 15 rings (SSSR count). The molecular weight excluding hydrogens is 867 g/mol. The molecule has 4 aliphatic rings. The number of anilines is 3. The topological polar surface area (TPSA) is 3.24 Å². The Hall–Kier alpha value is -8.78. The van der Waals surface area contributed by atoms with Crippen molar-refractivity contribution in [2.24, 2.45) is 0 Å². The van der Waals surface area contributed by atoms with E-state index in [-0.39, 0.29) is 5.41 Å². The van der Waals surface area contributed by atoms with Gasteiger partial charge in [0, 0.05) is 22.5 Å². The number of benzene rings is 11. The van der Waals surface area contributed by atoms with Crippen molar-refractivity contribution in [1.82, 2.24) is 0 Å². The van der Waals surface area contributed by atoms with Crippen LogP contribution in [0.2, 0.25) is 0 Å². The van der Waals surface area contributed by atoms with Crippen LogP contribution in [-0.2, 0) is 16.2 Å². The lowest BCUT2D eigenvalue weighted by Crippen LogP contribution is -2.28. The maximum atomic E-state index is 2.52. The van der Waals surface area contributed by atoms with E-state index in [0.29, 0.717) is 0 Å². The van der Waals surface area contributed by atoms with Gasteiger partial charge in [0.05, 0.1) is 10.8 Å². The molecule has 0 atom stereocenters. The molecule has 0 saturated heterocycles. The van der Waals surface area contributed by atoms with Crippen LogP contribution in [0, 0.1) is 0 Å². The molecule has 1 spiro atoms. The van der Waals surface area contributed by atoms with Crippen molar-refractivity contribution in [3.05, 3.63) is 316 Å².